The van der Waals surface area contributed by atoms with Crippen LogP contribution in [0.5, 0.6) is 0 Å². The van der Waals surface area contributed by atoms with Crippen molar-refractivity contribution in [3.8, 4) is 0 Å². The molecule has 0 aliphatic carbocycles. The predicted octanol–water partition coefficient (Wildman–Crippen LogP) is -0.556. The molecule has 1 aliphatic rings. The summed E-state index contributed by atoms with van der Waals surface area (Å²) in [7, 11) is 1.55. The van der Waals surface area contributed by atoms with Crippen molar-refractivity contribution in [3.63, 3.8) is 0 Å². The number of carbonyl (C=O) groups excluding carboxylic acids is 2. The molecule has 1 saturated heterocycles. The van der Waals surface area contributed by atoms with Gasteiger partial charge in [0, 0.05) is 20.0 Å². The highest BCUT2D eigenvalue weighted by atomic mass is 16.4. The van der Waals surface area contributed by atoms with Crippen molar-refractivity contribution in [1.29, 1.82) is 0 Å². The highest BCUT2D eigenvalue weighted by Gasteiger charge is 2.30. The molecular formula is C10H16N2O4. The zero-order chi connectivity index (χ0) is 12.3. The van der Waals surface area contributed by atoms with E-state index < -0.39 is 17.9 Å². The zero-order valence-corrected chi connectivity index (χ0v) is 9.40. The number of carboxylic acids is 1. The summed E-state index contributed by atoms with van der Waals surface area (Å²) < 4.78 is 0. The SMILES string of the molecule is CC(CN(C)C(=O)[C@H]1CCC(=O)N1)C(=O)O. The minimum absolute atomic E-state index is 0.127. The molecule has 16 heavy (non-hydrogen) atoms. The number of nitrogens with one attached hydrogen (secondary N) is 1. The van der Waals surface area contributed by atoms with Crippen LogP contribution in [0.25, 0.3) is 0 Å². The van der Waals surface area contributed by atoms with Crippen molar-refractivity contribution in [3.05, 3.63) is 0 Å². The van der Waals surface area contributed by atoms with Crippen molar-refractivity contribution in [1.82, 2.24) is 10.2 Å². The van der Waals surface area contributed by atoms with E-state index in [0.717, 1.165) is 0 Å². The number of carboxylic acid groups (broad SMARTS) is 1. The summed E-state index contributed by atoms with van der Waals surface area (Å²) >= 11 is 0. The van der Waals surface area contributed by atoms with Gasteiger partial charge in [0.2, 0.25) is 11.8 Å². The van der Waals surface area contributed by atoms with Crippen LogP contribution in [-0.4, -0.2) is 47.4 Å². The summed E-state index contributed by atoms with van der Waals surface area (Å²) in [6.07, 6.45) is 0.849. The van der Waals surface area contributed by atoms with E-state index in [1.807, 2.05) is 0 Å². The Balaban J connectivity index is 2.47. The van der Waals surface area contributed by atoms with Crippen molar-refractivity contribution in [2.45, 2.75) is 25.8 Å². The van der Waals surface area contributed by atoms with Gasteiger partial charge in [0.1, 0.15) is 6.04 Å². The van der Waals surface area contributed by atoms with Crippen molar-refractivity contribution < 1.29 is 19.5 Å². The Labute approximate surface area is 93.6 Å². The summed E-state index contributed by atoms with van der Waals surface area (Å²) in [5.41, 5.74) is 0. The van der Waals surface area contributed by atoms with Crippen LogP contribution < -0.4 is 5.32 Å². The summed E-state index contributed by atoms with van der Waals surface area (Å²) in [6.45, 7) is 1.69. The molecule has 90 valence electrons. The van der Waals surface area contributed by atoms with Crippen LogP contribution in [0.15, 0.2) is 0 Å². The van der Waals surface area contributed by atoms with Gasteiger partial charge in [0.05, 0.1) is 5.92 Å². The van der Waals surface area contributed by atoms with Crippen LogP contribution in [0.4, 0.5) is 0 Å². The number of hydrogen-bond donors (Lipinski definition) is 2. The van der Waals surface area contributed by atoms with Gasteiger partial charge in [-0.1, -0.05) is 6.92 Å². The number of nitrogens with zero attached hydrogens (tertiary/aromatic N) is 1. The number of hydrogen-bond acceptors (Lipinski definition) is 3. The van der Waals surface area contributed by atoms with Crippen LogP contribution in [0.2, 0.25) is 0 Å². The monoisotopic (exact) mass is 228 g/mol. The highest BCUT2D eigenvalue weighted by Crippen LogP contribution is 2.10. The normalized spacial score (nSPS) is 21.4. The standard InChI is InChI=1S/C10H16N2O4/c1-6(10(15)16)5-12(2)9(14)7-3-4-8(13)11-7/h6-7H,3-5H2,1-2H3,(H,11,13)(H,15,16)/t6?,7-/m1/s1. The van der Waals surface area contributed by atoms with Gasteiger partial charge >= 0.3 is 5.97 Å². The summed E-state index contributed by atoms with van der Waals surface area (Å²) in [5.74, 6) is -1.89. The van der Waals surface area contributed by atoms with E-state index in [4.69, 9.17) is 5.11 Å². The second kappa shape index (κ2) is 4.96. The van der Waals surface area contributed by atoms with Gasteiger partial charge < -0.3 is 15.3 Å². The molecule has 0 radical (unpaired) electrons. The molecule has 1 unspecified atom stereocenters. The number of rotatable bonds is 4. The van der Waals surface area contributed by atoms with Gasteiger partial charge in [0.25, 0.3) is 0 Å². The minimum atomic E-state index is -0.935. The largest absolute Gasteiger partial charge is 0.481 e. The molecule has 2 N–H and O–H groups in total. The first kappa shape index (κ1) is 12.5. The summed E-state index contributed by atoms with van der Waals surface area (Å²) in [6, 6.07) is -0.488. The molecule has 6 heteroatoms. The Morgan fingerprint density at radius 3 is 2.69 bits per heavy atom. The lowest BCUT2D eigenvalue weighted by molar-refractivity contribution is -0.143. The topological polar surface area (TPSA) is 86.7 Å². The first-order chi connectivity index (χ1) is 7.41. The summed E-state index contributed by atoms with van der Waals surface area (Å²) in [5, 5.41) is 11.3. The molecule has 0 bridgehead atoms. The molecule has 1 rings (SSSR count). The second-order valence-corrected chi connectivity index (χ2v) is 4.12. The average molecular weight is 228 g/mol. The Kier molecular flexibility index (Phi) is 3.87. The molecule has 1 heterocycles. The smallest absolute Gasteiger partial charge is 0.308 e. The quantitative estimate of drug-likeness (QED) is 0.675. The number of carbonyl (C=O) groups is 3. The van der Waals surface area contributed by atoms with Crippen molar-refractivity contribution in [2.24, 2.45) is 5.92 Å². The lowest BCUT2D eigenvalue weighted by Gasteiger charge is -2.22. The van der Waals surface area contributed by atoms with Crippen molar-refractivity contribution in [2.75, 3.05) is 13.6 Å². The molecule has 2 amide bonds. The second-order valence-electron chi connectivity index (χ2n) is 4.12. The number of likely N-dealkylation sites (N-methyl/N-ethyl adjacent to an activating group) is 1. The first-order valence-electron chi connectivity index (χ1n) is 5.19. The molecule has 0 saturated carbocycles. The van der Waals surface area contributed by atoms with Crippen LogP contribution in [0.3, 0.4) is 0 Å². The molecular weight excluding hydrogens is 212 g/mol. The van der Waals surface area contributed by atoms with Gasteiger partial charge in [0.15, 0.2) is 0 Å². The minimum Gasteiger partial charge on any atom is -0.481 e. The molecule has 0 spiro atoms. The van der Waals surface area contributed by atoms with Crippen molar-refractivity contribution >= 4 is 17.8 Å². The lowest BCUT2D eigenvalue weighted by Crippen LogP contribution is -2.44. The van der Waals surface area contributed by atoms with E-state index in [2.05, 4.69) is 5.32 Å². The van der Waals surface area contributed by atoms with E-state index in [1.54, 1.807) is 14.0 Å². The Hall–Kier alpha value is -1.59. The highest BCUT2D eigenvalue weighted by molar-refractivity contribution is 5.90. The van der Waals surface area contributed by atoms with E-state index in [1.165, 1.54) is 4.90 Å². The van der Waals surface area contributed by atoms with Gasteiger partial charge in [-0.2, -0.15) is 0 Å². The van der Waals surface area contributed by atoms with Crippen LogP contribution in [0.1, 0.15) is 19.8 Å². The fraction of sp³-hybridized carbons (Fsp3) is 0.700. The van der Waals surface area contributed by atoms with Gasteiger partial charge in [-0.3, -0.25) is 14.4 Å². The fourth-order valence-corrected chi connectivity index (χ4v) is 1.64. The zero-order valence-electron chi connectivity index (χ0n) is 9.40. The third-order valence-corrected chi connectivity index (χ3v) is 2.64. The van der Waals surface area contributed by atoms with E-state index in [9.17, 15) is 14.4 Å². The van der Waals surface area contributed by atoms with E-state index in [-0.39, 0.29) is 18.4 Å². The maximum absolute atomic E-state index is 11.8. The molecule has 1 fully saturated rings. The van der Waals surface area contributed by atoms with Gasteiger partial charge in [-0.25, -0.2) is 0 Å². The summed E-state index contributed by atoms with van der Waals surface area (Å²) in [4.78, 5) is 34.7. The fourth-order valence-electron chi connectivity index (χ4n) is 1.64. The molecule has 0 aromatic carbocycles. The molecule has 6 nitrogen and oxygen atoms in total. The molecule has 0 aromatic heterocycles. The molecule has 2 atom stereocenters. The Morgan fingerprint density at radius 1 is 1.62 bits per heavy atom. The van der Waals surface area contributed by atoms with Gasteiger partial charge in [-0.05, 0) is 6.42 Å². The third-order valence-electron chi connectivity index (χ3n) is 2.64. The van der Waals surface area contributed by atoms with Crippen LogP contribution in [0, 0.1) is 5.92 Å². The van der Waals surface area contributed by atoms with E-state index in [0.29, 0.717) is 12.8 Å². The molecule has 0 aromatic rings. The Bertz CT molecular complexity index is 316. The van der Waals surface area contributed by atoms with Crippen LogP contribution in [-0.2, 0) is 14.4 Å². The maximum atomic E-state index is 11.8. The predicted molar refractivity (Wildman–Crippen MR) is 55.6 cm³/mol. The average Bonchev–Trinajstić information content (AvgIpc) is 2.63. The van der Waals surface area contributed by atoms with E-state index >= 15 is 0 Å². The number of amides is 2. The first-order valence-corrected chi connectivity index (χ1v) is 5.19. The third kappa shape index (κ3) is 2.95. The maximum Gasteiger partial charge on any atom is 0.308 e. The van der Waals surface area contributed by atoms with Crippen LogP contribution >= 0.6 is 0 Å². The van der Waals surface area contributed by atoms with Gasteiger partial charge in [-0.15, -0.1) is 0 Å². The number of aliphatic carboxylic acids is 1. The molecule has 1 aliphatic heterocycles. The lowest BCUT2D eigenvalue weighted by atomic mass is 10.1. The Morgan fingerprint density at radius 2 is 2.25 bits per heavy atom.